The highest BCUT2D eigenvalue weighted by Gasteiger charge is 2.36. The van der Waals surface area contributed by atoms with Gasteiger partial charge in [-0.15, -0.1) is 0 Å². The van der Waals surface area contributed by atoms with E-state index in [1.807, 2.05) is 24.3 Å². The number of nitrogens with one attached hydrogen (secondary N) is 1. The molecule has 146 valence electrons. The van der Waals surface area contributed by atoms with Gasteiger partial charge in [-0.3, -0.25) is 19.3 Å². The summed E-state index contributed by atoms with van der Waals surface area (Å²) in [6.07, 6.45) is 3.54. The predicted molar refractivity (Wildman–Crippen MR) is 108 cm³/mol. The zero-order valence-electron chi connectivity index (χ0n) is 16.0. The highest BCUT2D eigenvalue weighted by Crippen LogP contribution is 2.26. The molecular formula is C23H20N2O4. The van der Waals surface area contributed by atoms with Gasteiger partial charge in [0.1, 0.15) is 5.76 Å². The summed E-state index contributed by atoms with van der Waals surface area (Å²) in [6.45, 7) is 2.18. The molecular weight excluding hydrogens is 368 g/mol. The van der Waals surface area contributed by atoms with Crippen LogP contribution in [0.3, 0.4) is 0 Å². The maximum absolute atomic E-state index is 12.7. The normalized spacial score (nSPS) is 12.9. The maximum atomic E-state index is 12.7. The summed E-state index contributed by atoms with van der Waals surface area (Å²) in [7, 11) is 0. The number of hydrogen-bond donors (Lipinski definition) is 1. The highest BCUT2D eigenvalue weighted by atomic mass is 16.3. The Hall–Kier alpha value is -3.67. The Kier molecular flexibility index (Phi) is 4.99. The molecule has 0 unspecified atom stereocenters. The lowest BCUT2D eigenvalue weighted by Gasteiger charge is -2.11. The van der Waals surface area contributed by atoms with E-state index >= 15 is 0 Å². The van der Waals surface area contributed by atoms with Crippen molar-refractivity contribution in [3.8, 4) is 0 Å². The molecule has 0 fully saturated rings. The minimum absolute atomic E-state index is 0.0605. The molecule has 1 aliphatic rings. The second-order valence-corrected chi connectivity index (χ2v) is 6.94. The van der Waals surface area contributed by atoms with Gasteiger partial charge in [0.05, 0.1) is 23.9 Å². The molecule has 0 bridgehead atoms. The summed E-state index contributed by atoms with van der Waals surface area (Å²) < 4.78 is 5.23. The summed E-state index contributed by atoms with van der Waals surface area (Å²) in [6, 6.07) is 15.6. The van der Waals surface area contributed by atoms with E-state index in [0.717, 1.165) is 17.7 Å². The van der Waals surface area contributed by atoms with Crippen molar-refractivity contribution < 1.29 is 18.8 Å². The second-order valence-electron chi connectivity index (χ2n) is 6.94. The molecule has 0 saturated heterocycles. The van der Waals surface area contributed by atoms with Gasteiger partial charge >= 0.3 is 0 Å². The van der Waals surface area contributed by atoms with Crippen molar-refractivity contribution in [1.29, 1.82) is 0 Å². The average Bonchev–Trinajstić information content (AvgIpc) is 3.32. The van der Waals surface area contributed by atoms with Crippen LogP contribution in [0.4, 0.5) is 5.69 Å². The Labute approximate surface area is 168 Å². The van der Waals surface area contributed by atoms with Crippen molar-refractivity contribution in [3.05, 3.63) is 88.9 Å². The Morgan fingerprint density at radius 2 is 1.76 bits per heavy atom. The first-order valence-electron chi connectivity index (χ1n) is 9.49. The van der Waals surface area contributed by atoms with E-state index in [0.29, 0.717) is 22.6 Å². The molecule has 0 atom stereocenters. The minimum Gasteiger partial charge on any atom is -0.467 e. The topological polar surface area (TPSA) is 79.6 Å². The number of carbonyl (C=O) groups excluding carboxylic acids is 3. The molecule has 1 aromatic heterocycles. The first-order valence-corrected chi connectivity index (χ1v) is 9.49. The Morgan fingerprint density at radius 3 is 2.45 bits per heavy atom. The predicted octanol–water partition coefficient (Wildman–Crippen LogP) is 4.28. The largest absolute Gasteiger partial charge is 0.467 e. The lowest BCUT2D eigenvalue weighted by Crippen LogP contribution is -2.28. The van der Waals surface area contributed by atoms with E-state index in [1.165, 1.54) is 24.0 Å². The van der Waals surface area contributed by atoms with Crippen molar-refractivity contribution in [3.63, 3.8) is 0 Å². The highest BCUT2D eigenvalue weighted by molar-refractivity contribution is 6.22. The van der Waals surface area contributed by atoms with Crippen LogP contribution in [0, 0.1) is 0 Å². The lowest BCUT2D eigenvalue weighted by molar-refractivity contribution is 0.0631. The summed E-state index contributed by atoms with van der Waals surface area (Å²) in [4.78, 5) is 39.0. The van der Waals surface area contributed by atoms with E-state index in [4.69, 9.17) is 4.42 Å². The van der Waals surface area contributed by atoms with Gasteiger partial charge in [0, 0.05) is 11.3 Å². The smallest absolute Gasteiger partial charge is 0.261 e. The molecule has 6 nitrogen and oxygen atoms in total. The summed E-state index contributed by atoms with van der Waals surface area (Å²) in [5.41, 5.74) is 2.73. The molecule has 1 N–H and O–H groups in total. The first kappa shape index (κ1) is 18.7. The zero-order chi connectivity index (χ0) is 20.4. The fraction of sp³-hybridized carbons (Fsp3) is 0.174. The third kappa shape index (κ3) is 3.69. The number of benzene rings is 2. The van der Waals surface area contributed by atoms with Gasteiger partial charge < -0.3 is 9.73 Å². The fourth-order valence-electron chi connectivity index (χ4n) is 3.38. The minimum atomic E-state index is -0.431. The van der Waals surface area contributed by atoms with E-state index < -0.39 is 5.91 Å². The third-order valence-corrected chi connectivity index (χ3v) is 4.88. The van der Waals surface area contributed by atoms with Crippen molar-refractivity contribution in [2.75, 3.05) is 5.32 Å². The average molecular weight is 388 g/mol. The number of furan rings is 1. The van der Waals surface area contributed by atoms with E-state index in [2.05, 4.69) is 12.2 Å². The molecule has 6 heteroatoms. The number of hydrogen-bond acceptors (Lipinski definition) is 4. The zero-order valence-corrected chi connectivity index (χ0v) is 16.0. The van der Waals surface area contributed by atoms with Crippen LogP contribution in [0.25, 0.3) is 0 Å². The van der Waals surface area contributed by atoms with Crippen LogP contribution in [0.2, 0.25) is 0 Å². The van der Waals surface area contributed by atoms with Crippen LogP contribution in [-0.2, 0) is 13.0 Å². The van der Waals surface area contributed by atoms with E-state index in [1.54, 1.807) is 18.2 Å². The van der Waals surface area contributed by atoms with Gasteiger partial charge in [0.2, 0.25) is 0 Å². The number of rotatable bonds is 6. The van der Waals surface area contributed by atoms with Gasteiger partial charge in [-0.2, -0.15) is 0 Å². The molecule has 3 amide bonds. The number of fused-ring (bicyclic) bond motifs is 1. The van der Waals surface area contributed by atoms with Crippen LogP contribution in [0.5, 0.6) is 0 Å². The standard InChI is InChI=1S/C23H20N2O4/c1-2-4-15-6-9-17(10-7-15)24-21(26)16-8-11-19-20(13-16)23(28)25(22(19)27)14-18-5-3-12-29-18/h3,5-13H,2,4,14H2,1H3,(H,24,26). The molecule has 2 heterocycles. The molecule has 29 heavy (non-hydrogen) atoms. The van der Waals surface area contributed by atoms with Gasteiger partial charge in [0.15, 0.2) is 0 Å². The third-order valence-electron chi connectivity index (χ3n) is 4.88. The van der Waals surface area contributed by atoms with Crippen molar-refractivity contribution in [2.45, 2.75) is 26.3 Å². The first-order chi connectivity index (χ1) is 14.1. The van der Waals surface area contributed by atoms with E-state index in [-0.39, 0.29) is 23.9 Å². The number of anilines is 1. The van der Waals surface area contributed by atoms with Crippen LogP contribution in [-0.4, -0.2) is 22.6 Å². The SMILES string of the molecule is CCCc1ccc(NC(=O)c2ccc3c(c2)C(=O)N(Cc2ccco2)C3=O)cc1. The molecule has 0 radical (unpaired) electrons. The number of nitrogens with zero attached hydrogens (tertiary/aromatic N) is 1. The molecule has 3 aromatic rings. The second kappa shape index (κ2) is 7.75. The number of aryl methyl sites for hydroxylation is 1. The molecule has 0 spiro atoms. The van der Waals surface area contributed by atoms with E-state index in [9.17, 15) is 14.4 Å². The van der Waals surface area contributed by atoms with Crippen LogP contribution in [0.1, 0.15) is 55.7 Å². The summed E-state index contributed by atoms with van der Waals surface area (Å²) >= 11 is 0. The molecule has 0 aliphatic carbocycles. The Balaban J connectivity index is 1.51. The Morgan fingerprint density at radius 1 is 1.00 bits per heavy atom. The summed E-state index contributed by atoms with van der Waals surface area (Å²) in [5.74, 6) is -0.635. The van der Waals surface area contributed by atoms with Gasteiger partial charge in [-0.1, -0.05) is 25.5 Å². The monoisotopic (exact) mass is 388 g/mol. The van der Waals surface area contributed by atoms with Crippen molar-refractivity contribution >= 4 is 23.4 Å². The number of amides is 3. The Bertz CT molecular complexity index is 1070. The molecule has 0 saturated carbocycles. The maximum Gasteiger partial charge on any atom is 0.261 e. The molecule has 1 aliphatic heterocycles. The van der Waals surface area contributed by atoms with Gasteiger partial charge in [0.25, 0.3) is 17.7 Å². The molecule has 4 rings (SSSR count). The van der Waals surface area contributed by atoms with Crippen molar-refractivity contribution in [2.24, 2.45) is 0 Å². The van der Waals surface area contributed by atoms with Crippen LogP contribution >= 0.6 is 0 Å². The van der Waals surface area contributed by atoms with Crippen LogP contribution in [0.15, 0.2) is 65.3 Å². The quantitative estimate of drug-likeness (QED) is 0.639. The van der Waals surface area contributed by atoms with Gasteiger partial charge in [-0.25, -0.2) is 0 Å². The summed E-state index contributed by atoms with van der Waals surface area (Å²) in [5, 5.41) is 2.83. The number of carbonyl (C=O) groups is 3. The molecule has 2 aromatic carbocycles. The van der Waals surface area contributed by atoms with Crippen LogP contribution < -0.4 is 5.32 Å². The number of imide groups is 1. The fourth-order valence-corrected chi connectivity index (χ4v) is 3.38. The lowest BCUT2D eigenvalue weighted by atomic mass is 10.0. The van der Waals surface area contributed by atoms with Crippen molar-refractivity contribution in [1.82, 2.24) is 4.90 Å². The van der Waals surface area contributed by atoms with Gasteiger partial charge in [-0.05, 0) is 54.4 Å².